The topological polar surface area (TPSA) is 182 Å². The van der Waals surface area contributed by atoms with Gasteiger partial charge in [0.2, 0.25) is 15.9 Å². The van der Waals surface area contributed by atoms with Crippen LogP contribution in [0.1, 0.15) is 46.5 Å². The number of carbonyl (C=O) groups excluding carboxylic acids is 1. The number of hydrogen-bond donors (Lipinski definition) is 2. The fourth-order valence-corrected chi connectivity index (χ4v) is 6.50. The zero-order chi connectivity index (χ0) is 29.1. The van der Waals surface area contributed by atoms with E-state index < -0.39 is 37.8 Å². The molecule has 2 heterocycles. The second-order valence-corrected chi connectivity index (χ2v) is 12.2. The molecule has 3 N–H and O–H groups in total. The van der Waals surface area contributed by atoms with Gasteiger partial charge in [-0.25, -0.2) is 13.2 Å². The van der Waals surface area contributed by atoms with Gasteiger partial charge in [-0.05, 0) is 31.2 Å². The van der Waals surface area contributed by atoms with Gasteiger partial charge in [-0.1, -0.05) is 38.8 Å². The molecule has 1 aliphatic heterocycles. The van der Waals surface area contributed by atoms with Gasteiger partial charge < -0.3 is 10.6 Å². The van der Waals surface area contributed by atoms with Crippen LogP contribution in [0.5, 0.6) is 0 Å². The van der Waals surface area contributed by atoms with Crippen LogP contribution in [0.3, 0.4) is 0 Å². The van der Waals surface area contributed by atoms with Gasteiger partial charge in [-0.3, -0.25) is 29.3 Å². The Kier molecular flexibility index (Phi) is 9.56. The summed E-state index contributed by atoms with van der Waals surface area (Å²) in [5, 5.41) is 11.0. The molecule has 0 atom stereocenters. The van der Waals surface area contributed by atoms with E-state index in [4.69, 9.17) is 17.3 Å². The average Bonchev–Trinajstić information content (AvgIpc) is 2.88. The number of nitro groups is 1. The smallest absolute Gasteiger partial charge is 0.330 e. The quantitative estimate of drug-likeness (QED) is 0.315. The van der Waals surface area contributed by atoms with Crippen molar-refractivity contribution in [3.8, 4) is 0 Å². The third-order valence-electron chi connectivity index (χ3n) is 6.58. The van der Waals surface area contributed by atoms with Gasteiger partial charge >= 0.3 is 5.69 Å². The number of non-ortho nitro benzene ring substituents is 1. The molecule has 0 bridgehead atoms. The second kappa shape index (κ2) is 12.3. The molecule has 0 radical (unpaired) electrons. The Bertz CT molecular complexity index is 1460. The molecule has 13 nitrogen and oxygen atoms in total. The fraction of sp³-hybridized carbons (Fsp3) is 0.542. The molecule has 1 aromatic heterocycles. The monoisotopic (exact) mass is 584 g/mol. The van der Waals surface area contributed by atoms with E-state index in [0.29, 0.717) is 6.42 Å². The lowest BCUT2D eigenvalue weighted by atomic mass is 9.96. The van der Waals surface area contributed by atoms with Crippen molar-refractivity contribution in [1.29, 1.82) is 0 Å². The number of nitrogens with zero attached hydrogens (tertiary/aromatic N) is 4. The van der Waals surface area contributed by atoms with E-state index in [-0.39, 0.29) is 72.3 Å². The predicted molar refractivity (Wildman–Crippen MR) is 147 cm³/mol. The van der Waals surface area contributed by atoms with Crippen LogP contribution in [0.15, 0.2) is 32.7 Å². The van der Waals surface area contributed by atoms with Crippen molar-refractivity contribution in [3.63, 3.8) is 0 Å². The van der Waals surface area contributed by atoms with Crippen LogP contribution in [0.25, 0.3) is 0 Å². The number of piperidine rings is 1. The van der Waals surface area contributed by atoms with Crippen LogP contribution in [0, 0.1) is 22.0 Å². The maximum atomic E-state index is 13.7. The summed E-state index contributed by atoms with van der Waals surface area (Å²) >= 11 is 6.07. The number of halogens is 1. The van der Waals surface area contributed by atoms with Crippen molar-refractivity contribution in [2.24, 2.45) is 11.8 Å². The van der Waals surface area contributed by atoms with Gasteiger partial charge in [0.05, 0.1) is 9.95 Å². The van der Waals surface area contributed by atoms with E-state index in [2.05, 4.69) is 4.98 Å². The van der Waals surface area contributed by atoms with Crippen molar-refractivity contribution >= 4 is 44.7 Å². The molecule has 0 saturated carbocycles. The third kappa shape index (κ3) is 6.50. The van der Waals surface area contributed by atoms with Gasteiger partial charge in [0.25, 0.3) is 11.2 Å². The highest BCUT2D eigenvalue weighted by Gasteiger charge is 2.36. The van der Waals surface area contributed by atoms with E-state index in [1.54, 1.807) is 0 Å². The minimum atomic E-state index is -4.16. The first kappa shape index (κ1) is 30.3. The number of H-pyrrole nitrogens is 1. The first-order valence-corrected chi connectivity index (χ1v) is 14.5. The molecule has 0 spiro atoms. The number of nitrogens with one attached hydrogen (secondary N) is 1. The van der Waals surface area contributed by atoms with Crippen molar-refractivity contribution in [2.45, 2.75) is 57.9 Å². The number of rotatable bonds is 10. The fourth-order valence-electron chi connectivity index (χ4n) is 4.54. The zero-order valence-electron chi connectivity index (χ0n) is 22.1. The van der Waals surface area contributed by atoms with Crippen LogP contribution >= 0.6 is 11.6 Å². The maximum Gasteiger partial charge on any atom is 0.330 e. The number of benzene rings is 1. The van der Waals surface area contributed by atoms with E-state index in [9.17, 15) is 32.9 Å². The standard InChI is InChI=1S/C24H33ClN6O7S/c1-4-5-10-29(20-21(26)30(14-15(2)3)24(34)27-22(20)32)23(33)16-8-11-28(12-9-16)39(37,38)19-13-17(31(35)36)6-7-18(19)25/h6-7,13,15-16H,4-5,8-12,14,26H2,1-3H3,(H,27,32,34). The zero-order valence-corrected chi connectivity index (χ0v) is 23.6. The summed E-state index contributed by atoms with van der Waals surface area (Å²) in [6.07, 6.45) is 1.60. The number of aromatic amines is 1. The van der Waals surface area contributed by atoms with Crippen molar-refractivity contribution < 1.29 is 18.1 Å². The minimum absolute atomic E-state index is 0.0297. The third-order valence-corrected chi connectivity index (χ3v) is 8.96. The molecular weight excluding hydrogens is 552 g/mol. The molecule has 3 rings (SSSR count). The SMILES string of the molecule is CCCCN(C(=O)C1CCN(S(=O)(=O)c2cc([N+](=O)[O-])ccc2Cl)CC1)c1c(N)n(CC(C)C)c(=O)[nH]c1=O. The maximum absolute atomic E-state index is 13.7. The van der Waals surface area contributed by atoms with Gasteiger partial charge in [0.15, 0.2) is 5.69 Å². The van der Waals surface area contributed by atoms with E-state index >= 15 is 0 Å². The van der Waals surface area contributed by atoms with Gasteiger partial charge in [-0.15, -0.1) is 0 Å². The average molecular weight is 585 g/mol. The second-order valence-electron chi connectivity index (χ2n) is 9.89. The van der Waals surface area contributed by atoms with Crippen LogP contribution in [-0.2, 0) is 21.4 Å². The minimum Gasteiger partial charge on any atom is -0.383 e. The number of carbonyl (C=O) groups is 1. The first-order chi connectivity index (χ1) is 18.3. The summed E-state index contributed by atoms with van der Waals surface area (Å²) in [5.41, 5.74) is 4.35. The summed E-state index contributed by atoms with van der Waals surface area (Å²) in [4.78, 5) is 52.6. The summed E-state index contributed by atoms with van der Waals surface area (Å²) in [6.45, 7) is 6.10. The molecule has 15 heteroatoms. The van der Waals surface area contributed by atoms with Crippen LogP contribution in [-0.4, -0.2) is 52.7 Å². The Morgan fingerprint density at radius 1 is 1.28 bits per heavy atom. The number of sulfonamides is 1. The van der Waals surface area contributed by atoms with Gasteiger partial charge in [0.1, 0.15) is 10.7 Å². The molecule has 2 aromatic rings. The number of nitro benzene ring substituents is 1. The van der Waals surface area contributed by atoms with Gasteiger partial charge in [-0.2, -0.15) is 4.31 Å². The largest absolute Gasteiger partial charge is 0.383 e. The normalized spacial score (nSPS) is 15.0. The molecule has 0 aliphatic carbocycles. The molecule has 1 amide bonds. The summed E-state index contributed by atoms with van der Waals surface area (Å²) in [5.74, 6) is -1.05. The molecule has 1 fully saturated rings. The summed E-state index contributed by atoms with van der Waals surface area (Å²) < 4.78 is 28.8. The first-order valence-electron chi connectivity index (χ1n) is 12.7. The Morgan fingerprint density at radius 3 is 2.49 bits per heavy atom. The highest BCUT2D eigenvalue weighted by Crippen LogP contribution is 2.32. The van der Waals surface area contributed by atoms with Gasteiger partial charge in [0, 0.05) is 44.2 Å². The Morgan fingerprint density at radius 2 is 1.92 bits per heavy atom. The number of anilines is 2. The number of nitrogen functional groups attached to an aromatic ring is 1. The number of amides is 1. The highest BCUT2D eigenvalue weighted by atomic mass is 35.5. The number of aromatic nitrogens is 2. The predicted octanol–water partition coefficient (Wildman–Crippen LogP) is 2.57. The molecule has 1 saturated heterocycles. The Balaban J connectivity index is 1.88. The molecule has 214 valence electrons. The Labute approximate surface area is 230 Å². The number of unbranched alkanes of at least 4 members (excludes halogenated alkanes) is 1. The summed E-state index contributed by atoms with van der Waals surface area (Å²) in [7, 11) is -4.16. The van der Waals surface area contributed by atoms with Crippen molar-refractivity contribution in [2.75, 3.05) is 30.3 Å². The molecule has 39 heavy (non-hydrogen) atoms. The van der Waals surface area contributed by atoms with E-state index in [1.165, 1.54) is 9.47 Å². The lowest BCUT2D eigenvalue weighted by Gasteiger charge is -2.34. The van der Waals surface area contributed by atoms with Crippen LogP contribution < -0.4 is 21.9 Å². The van der Waals surface area contributed by atoms with Crippen LogP contribution in [0.4, 0.5) is 17.2 Å². The lowest BCUT2D eigenvalue weighted by Crippen LogP contribution is -2.47. The molecule has 1 aromatic carbocycles. The molecule has 1 aliphatic rings. The Hall–Kier alpha value is -3.23. The van der Waals surface area contributed by atoms with E-state index in [1.807, 2.05) is 20.8 Å². The molecule has 0 unspecified atom stereocenters. The van der Waals surface area contributed by atoms with Crippen molar-refractivity contribution in [1.82, 2.24) is 13.9 Å². The number of nitrogens with two attached hydrogens (primary N) is 1. The molecular formula is C24H33ClN6O7S. The highest BCUT2D eigenvalue weighted by molar-refractivity contribution is 7.89. The van der Waals surface area contributed by atoms with Crippen LogP contribution in [0.2, 0.25) is 5.02 Å². The lowest BCUT2D eigenvalue weighted by molar-refractivity contribution is -0.385. The number of hydrogen-bond acceptors (Lipinski definition) is 8. The summed E-state index contributed by atoms with van der Waals surface area (Å²) in [6, 6.07) is 3.20. The van der Waals surface area contributed by atoms with Crippen molar-refractivity contribution in [3.05, 3.63) is 54.2 Å². The van der Waals surface area contributed by atoms with E-state index in [0.717, 1.165) is 28.9 Å².